The molecule has 0 saturated heterocycles. The number of thioether (sulfide) groups is 1. The van der Waals surface area contributed by atoms with Gasteiger partial charge in [-0.25, -0.2) is 4.79 Å². The second kappa shape index (κ2) is 9.28. The maximum Gasteiger partial charge on any atom is 0.327 e. The van der Waals surface area contributed by atoms with Crippen LogP contribution in [0.5, 0.6) is 0 Å². The molecule has 0 aromatic heterocycles. The number of hydrogen-bond acceptors (Lipinski definition) is 4. The van der Waals surface area contributed by atoms with E-state index in [2.05, 4.69) is 29.6 Å². The van der Waals surface area contributed by atoms with E-state index in [1.807, 2.05) is 48.2 Å². The molecule has 2 rings (SSSR count). The molecule has 2 aromatic carbocycles. The molecule has 0 spiro atoms. The monoisotopic (exact) mass is 315 g/mol. The van der Waals surface area contributed by atoms with Gasteiger partial charge in [0.25, 0.3) is 0 Å². The highest BCUT2D eigenvalue weighted by atomic mass is 32.2. The number of benzene rings is 2. The molecule has 0 aliphatic carbocycles. The van der Waals surface area contributed by atoms with Gasteiger partial charge in [0.2, 0.25) is 0 Å². The van der Waals surface area contributed by atoms with Gasteiger partial charge in [-0.1, -0.05) is 60.7 Å². The molecule has 0 unspecified atom stereocenters. The van der Waals surface area contributed by atoms with Crippen LogP contribution in [0, 0.1) is 0 Å². The van der Waals surface area contributed by atoms with Crippen molar-refractivity contribution in [3.63, 3.8) is 0 Å². The van der Waals surface area contributed by atoms with Crippen molar-refractivity contribution in [3.05, 3.63) is 71.8 Å². The van der Waals surface area contributed by atoms with Crippen LogP contribution in [0.3, 0.4) is 0 Å². The predicted octanol–water partition coefficient (Wildman–Crippen LogP) is 3.42. The maximum atomic E-state index is 11.9. The molecule has 0 fully saturated rings. The quantitative estimate of drug-likeness (QED) is 0.598. The van der Waals surface area contributed by atoms with Crippen LogP contribution < -0.4 is 5.32 Å². The van der Waals surface area contributed by atoms with Crippen LogP contribution in [-0.2, 0) is 15.3 Å². The Hall–Kier alpha value is -1.78. The van der Waals surface area contributed by atoms with Crippen LogP contribution in [0.2, 0.25) is 0 Å². The van der Waals surface area contributed by atoms with Crippen molar-refractivity contribution in [2.75, 3.05) is 19.4 Å². The van der Waals surface area contributed by atoms with Gasteiger partial charge in [-0.3, -0.25) is 5.32 Å². The summed E-state index contributed by atoms with van der Waals surface area (Å²) < 4.78 is 4.88. The van der Waals surface area contributed by atoms with E-state index in [9.17, 15) is 4.79 Å². The summed E-state index contributed by atoms with van der Waals surface area (Å²) >= 11 is 1.85. The second-order valence-electron chi connectivity index (χ2n) is 4.86. The molecule has 22 heavy (non-hydrogen) atoms. The van der Waals surface area contributed by atoms with Gasteiger partial charge in [0, 0.05) is 18.1 Å². The zero-order valence-electron chi connectivity index (χ0n) is 12.7. The van der Waals surface area contributed by atoms with E-state index >= 15 is 0 Å². The predicted molar refractivity (Wildman–Crippen MR) is 91.8 cm³/mol. The van der Waals surface area contributed by atoms with Gasteiger partial charge in [0.1, 0.15) is 6.04 Å². The first-order valence-corrected chi connectivity index (χ1v) is 8.44. The van der Waals surface area contributed by atoms with Gasteiger partial charge in [-0.05, 0) is 11.1 Å². The number of rotatable bonds is 8. The first-order valence-electron chi connectivity index (χ1n) is 7.29. The molecule has 1 N–H and O–H groups in total. The van der Waals surface area contributed by atoms with E-state index in [0.717, 1.165) is 23.6 Å². The van der Waals surface area contributed by atoms with Crippen LogP contribution in [0.15, 0.2) is 60.7 Å². The topological polar surface area (TPSA) is 38.3 Å². The highest BCUT2D eigenvalue weighted by Crippen LogP contribution is 2.15. The lowest BCUT2D eigenvalue weighted by molar-refractivity contribution is -0.143. The smallest absolute Gasteiger partial charge is 0.327 e. The van der Waals surface area contributed by atoms with E-state index in [0.29, 0.717) is 0 Å². The average Bonchev–Trinajstić information content (AvgIpc) is 2.59. The molecule has 0 heterocycles. The van der Waals surface area contributed by atoms with Gasteiger partial charge >= 0.3 is 5.97 Å². The van der Waals surface area contributed by atoms with Crippen LogP contribution in [0.1, 0.15) is 17.2 Å². The van der Waals surface area contributed by atoms with Gasteiger partial charge in [0.05, 0.1) is 7.11 Å². The van der Waals surface area contributed by atoms with Crippen molar-refractivity contribution < 1.29 is 9.53 Å². The van der Waals surface area contributed by atoms with Crippen LogP contribution >= 0.6 is 11.8 Å². The third kappa shape index (κ3) is 5.20. The SMILES string of the molecule is COC(=O)[C@H](NCCSCc1ccccc1)c1ccccc1. The van der Waals surface area contributed by atoms with Crippen molar-refractivity contribution in [3.8, 4) is 0 Å². The van der Waals surface area contributed by atoms with Crippen molar-refractivity contribution >= 4 is 17.7 Å². The molecule has 0 amide bonds. The molecule has 2 aromatic rings. The first kappa shape index (κ1) is 16.6. The van der Waals surface area contributed by atoms with Gasteiger partial charge < -0.3 is 4.74 Å². The summed E-state index contributed by atoms with van der Waals surface area (Å²) in [5.74, 6) is 1.67. The van der Waals surface area contributed by atoms with Crippen LogP contribution in [-0.4, -0.2) is 25.4 Å². The van der Waals surface area contributed by atoms with Crippen molar-refractivity contribution in [2.24, 2.45) is 0 Å². The molecule has 4 heteroatoms. The Morgan fingerprint density at radius 3 is 2.36 bits per heavy atom. The molecule has 0 aliphatic rings. The van der Waals surface area contributed by atoms with Crippen molar-refractivity contribution in [1.29, 1.82) is 0 Å². The zero-order chi connectivity index (χ0) is 15.6. The number of ether oxygens (including phenoxy) is 1. The summed E-state index contributed by atoms with van der Waals surface area (Å²) in [7, 11) is 1.42. The normalized spacial score (nSPS) is 11.9. The Morgan fingerprint density at radius 1 is 1.09 bits per heavy atom. The molecular formula is C18H21NO2S. The molecule has 3 nitrogen and oxygen atoms in total. The third-order valence-electron chi connectivity index (χ3n) is 3.28. The molecular weight excluding hydrogens is 294 g/mol. The highest BCUT2D eigenvalue weighted by molar-refractivity contribution is 7.98. The summed E-state index contributed by atoms with van der Waals surface area (Å²) in [4.78, 5) is 11.9. The van der Waals surface area contributed by atoms with Gasteiger partial charge in [0.15, 0.2) is 0 Å². The molecule has 0 bridgehead atoms. The summed E-state index contributed by atoms with van der Waals surface area (Å²) in [6.07, 6.45) is 0. The summed E-state index contributed by atoms with van der Waals surface area (Å²) in [5.41, 5.74) is 2.25. The molecule has 116 valence electrons. The number of carbonyl (C=O) groups is 1. The second-order valence-corrected chi connectivity index (χ2v) is 5.96. The maximum absolute atomic E-state index is 11.9. The fraction of sp³-hybridized carbons (Fsp3) is 0.278. The first-order chi connectivity index (χ1) is 10.8. The molecule has 1 atom stereocenters. The summed E-state index contributed by atoms with van der Waals surface area (Å²) in [6, 6.07) is 19.6. The Balaban J connectivity index is 1.78. The number of nitrogens with one attached hydrogen (secondary N) is 1. The fourth-order valence-corrected chi connectivity index (χ4v) is 2.97. The average molecular weight is 315 g/mol. The van der Waals surface area contributed by atoms with E-state index in [1.165, 1.54) is 12.7 Å². The number of esters is 1. The zero-order valence-corrected chi connectivity index (χ0v) is 13.5. The Labute approximate surface area is 136 Å². The lowest BCUT2D eigenvalue weighted by atomic mass is 10.1. The minimum Gasteiger partial charge on any atom is -0.468 e. The minimum absolute atomic E-state index is 0.251. The number of carbonyl (C=O) groups excluding carboxylic acids is 1. The third-order valence-corrected chi connectivity index (χ3v) is 4.31. The molecule has 0 aliphatic heterocycles. The van der Waals surface area contributed by atoms with E-state index in [-0.39, 0.29) is 5.97 Å². The van der Waals surface area contributed by atoms with E-state index < -0.39 is 6.04 Å². The van der Waals surface area contributed by atoms with Gasteiger partial charge in [-0.15, -0.1) is 0 Å². The highest BCUT2D eigenvalue weighted by Gasteiger charge is 2.19. The lowest BCUT2D eigenvalue weighted by Crippen LogP contribution is -2.31. The van der Waals surface area contributed by atoms with Crippen LogP contribution in [0.25, 0.3) is 0 Å². The number of methoxy groups -OCH3 is 1. The Kier molecular flexibility index (Phi) is 7.00. The van der Waals surface area contributed by atoms with Crippen molar-refractivity contribution in [1.82, 2.24) is 5.32 Å². The van der Waals surface area contributed by atoms with Crippen LogP contribution in [0.4, 0.5) is 0 Å². The van der Waals surface area contributed by atoms with Crippen molar-refractivity contribution in [2.45, 2.75) is 11.8 Å². The molecule has 0 radical (unpaired) electrons. The summed E-state index contributed by atoms with van der Waals surface area (Å²) in [5, 5.41) is 3.28. The summed E-state index contributed by atoms with van der Waals surface area (Å²) in [6.45, 7) is 0.756. The standard InChI is InChI=1S/C18H21NO2S/c1-21-18(20)17(16-10-6-3-7-11-16)19-12-13-22-14-15-8-4-2-5-9-15/h2-11,17,19H,12-14H2,1H3/t17-/m1/s1. The van der Waals surface area contributed by atoms with E-state index in [1.54, 1.807) is 0 Å². The Bertz CT molecular complexity index is 560. The fourth-order valence-electron chi connectivity index (χ4n) is 2.14. The largest absolute Gasteiger partial charge is 0.468 e. The Morgan fingerprint density at radius 2 is 1.73 bits per heavy atom. The van der Waals surface area contributed by atoms with Gasteiger partial charge in [-0.2, -0.15) is 11.8 Å². The molecule has 0 saturated carbocycles. The lowest BCUT2D eigenvalue weighted by Gasteiger charge is -2.16. The van der Waals surface area contributed by atoms with E-state index in [4.69, 9.17) is 4.74 Å². The minimum atomic E-state index is -0.400. The number of hydrogen-bond donors (Lipinski definition) is 1.